The Morgan fingerprint density at radius 3 is 2.39 bits per heavy atom. The molecule has 0 bridgehead atoms. The van der Waals surface area contributed by atoms with E-state index < -0.39 is 0 Å². The van der Waals surface area contributed by atoms with Crippen LogP contribution in [0.1, 0.15) is 18.5 Å². The van der Waals surface area contributed by atoms with Crippen molar-refractivity contribution in [3.05, 3.63) is 70.3 Å². The van der Waals surface area contributed by atoms with E-state index in [0.29, 0.717) is 26.2 Å². The molecule has 148 valence electrons. The fraction of sp³-hybridized carbons (Fsp3) is 0.381. The topological polar surface area (TPSA) is 69.9 Å². The number of nitrogens with zero attached hydrogens (tertiary/aromatic N) is 4. The van der Waals surface area contributed by atoms with Gasteiger partial charge in [-0.1, -0.05) is 43.3 Å². The standard InChI is InChI=1S/C21H26N4O3/c1-3-22(2)20(17-8-5-4-6-9-17)21(26)24-14-12-23(13-15-24)18-10-7-11-19(16-18)25(27)28/h4-11,16,20H,3,12-15H2,1-2H3. The van der Waals surface area contributed by atoms with Crippen LogP contribution in [0.2, 0.25) is 0 Å². The van der Waals surface area contributed by atoms with E-state index in [0.717, 1.165) is 17.8 Å². The number of hydrogen-bond donors (Lipinski definition) is 0. The molecule has 0 radical (unpaired) electrons. The van der Waals surface area contributed by atoms with Crippen LogP contribution in [0.3, 0.4) is 0 Å². The predicted molar refractivity (Wildman–Crippen MR) is 109 cm³/mol. The van der Waals surface area contributed by atoms with Crippen molar-refractivity contribution in [1.29, 1.82) is 0 Å². The summed E-state index contributed by atoms with van der Waals surface area (Å²) in [5, 5.41) is 11.0. The normalized spacial score (nSPS) is 15.5. The van der Waals surface area contributed by atoms with Crippen LogP contribution in [0, 0.1) is 10.1 Å². The van der Waals surface area contributed by atoms with Crippen LogP contribution in [0.5, 0.6) is 0 Å². The minimum absolute atomic E-state index is 0.0877. The third-order valence-electron chi connectivity index (χ3n) is 5.29. The van der Waals surface area contributed by atoms with Gasteiger partial charge >= 0.3 is 0 Å². The molecule has 1 amide bonds. The Balaban J connectivity index is 1.70. The number of benzene rings is 2. The van der Waals surface area contributed by atoms with Gasteiger partial charge < -0.3 is 9.80 Å². The smallest absolute Gasteiger partial charge is 0.271 e. The second-order valence-electron chi connectivity index (χ2n) is 6.98. The summed E-state index contributed by atoms with van der Waals surface area (Å²) < 4.78 is 0. The molecule has 1 atom stereocenters. The SMILES string of the molecule is CCN(C)C(C(=O)N1CCN(c2cccc([N+](=O)[O-])c2)CC1)c1ccccc1. The third kappa shape index (κ3) is 4.31. The average molecular weight is 382 g/mol. The van der Waals surface area contributed by atoms with Gasteiger partial charge in [-0.15, -0.1) is 0 Å². The van der Waals surface area contributed by atoms with Crippen molar-refractivity contribution >= 4 is 17.3 Å². The molecule has 0 aliphatic carbocycles. The molecule has 3 rings (SSSR count). The monoisotopic (exact) mass is 382 g/mol. The first-order valence-corrected chi connectivity index (χ1v) is 9.54. The molecule has 7 nitrogen and oxygen atoms in total. The largest absolute Gasteiger partial charge is 0.368 e. The highest BCUT2D eigenvalue weighted by Gasteiger charge is 2.31. The molecule has 2 aromatic carbocycles. The van der Waals surface area contributed by atoms with Crippen molar-refractivity contribution in [1.82, 2.24) is 9.80 Å². The zero-order valence-electron chi connectivity index (χ0n) is 16.3. The maximum atomic E-state index is 13.3. The third-order valence-corrected chi connectivity index (χ3v) is 5.29. The molecule has 28 heavy (non-hydrogen) atoms. The van der Waals surface area contributed by atoms with Gasteiger partial charge in [0.25, 0.3) is 5.69 Å². The number of rotatable bonds is 6. The molecule has 0 aromatic heterocycles. The summed E-state index contributed by atoms with van der Waals surface area (Å²) in [6.07, 6.45) is 0. The lowest BCUT2D eigenvalue weighted by Crippen LogP contribution is -2.51. The Kier molecular flexibility index (Phi) is 6.26. The Hall–Kier alpha value is -2.93. The predicted octanol–water partition coefficient (Wildman–Crippen LogP) is 2.94. The first kappa shape index (κ1) is 19.8. The number of nitro benzene ring substituents is 1. The number of amides is 1. The molecule has 0 N–H and O–H groups in total. The molecule has 1 fully saturated rings. The number of anilines is 1. The van der Waals surface area contributed by atoms with Crippen LogP contribution >= 0.6 is 0 Å². The number of carbonyl (C=O) groups excluding carboxylic acids is 1. The minimum atomic E-state index is -0.381. The summed E-state index contributed by atoms with van der Waals surface area (Å²) in [6.45, 7) is 5.34. The quantitative estimate of drug-likeness (QED) is 0.567. The molecular weight excluding hydrogens is 356 g/mol. The zero-order valence-corrected chi connectivity index (χ0v) is 16.3. The van der Waals surface area contributed by atoms with Gasteiger partial charge in [0.1, 0.15) is 6.04 Å². The molecule has 0 saturated carbocycles. The number of hydrogen-bond acceptors (Lipinski definition) is 5. The Morgan fingerprint density at radius 2 is 1.79 bits per heavy atom. The van der Waals surface area contributed by atoms with Crippen LogP contribution in [0.15, 0.2) is 54.6 Å². The maximum Gasteiger partial charge on any atom is 0.271 e. The maximum absolute atomic E-state index is 13.3. The highest BCUT2D eigenvalue weighted by Crippen LogP contribution is 2.25. The second-order valence-corrected chi connectivity index (χ2v) is 6.98. The first-order chi connectivity index (χ1) is 13.5. The van der Waals surface area contributed by atoms with Crippen molar-refractivity contribution in [2.75, 3.05) is 44.7 Å². The number of likely N-dealkylation sites (N-methyl/N-ethyl adjacent to an activating group) is 1. The Bertz CT molecular complexity index is 819. The van der Waals surface area contributed by atoms with E-state index in [4.69, 9.17) is 0 Å². The van der Waals surface area contributed by atoms with Gasteiger partial charge in [0, 0.05) is 44.0 Å². The molecular formula is C21H26N4O3. The lowest BCUT2D eigenvalue weighted by atomic mass is 10.0. The van der Waals surface area contributed by atoms with Crippen molar-refractivity contribution < 1.29 is 9.72 Å². The summed E-state index contributed by atoms with van der Waals surface area (Å²) >= 11 is 0. The number of nitro groups is 1. The molecule has 1 unspecified atom stereocenters. The highest BCUT2D eigenvalue weighted by molar-refractivity contribution is 5.83. The first-order valence-electron chi connectivity index (χ1n) is 9.54. The molecule has 1 aliphatic rings. The van der Waals surface area contributed by atoms with Crippen LogP contribution in [-0.2, 0) is 4.79 Å². The van der Waals surface area contributed by atoms with Crippen LogP contribution < -0.4 is 4.90 Å². The fourth-order valence-corrected chi connectivity index (χ4v) is 3.56. The summed E-state index contributed by atoms with van der Waals surface area (Å²) in [4.78, 5) is 29.9. The van der Waals surface area contributed by atoms with Gasteiger partial charge in [-0.25, -0.2) is 0 Å². The fourth-order valence-electron chi connectivity index (χ4n) is 3.56. The van der Waals surface area contributed by atoms with Crippen molar-refractivity contribution in [2.45, 2.75) is 13.0 Å². The molecule has 1 aliphatic heterocycles. The van der Waals surface area contributed by atoms with Gasteiger partial charge in [0.2, 0.25) is 5.91 Å². The van der Waals surface area contributed by atoms with Crippen LogP contribution in [0.25, 0.3) is 0 Å². The highest BCUT2D eigenvalue weighted by atomic mass is 16.6. The van der Waals surface area contributed by atoms with E-state index in [1.54, 1.807) is 12.1 Å². The summed E-state index contributed by atoms with van der Waals surface area (Å²) in [5.74, 6) is 0.106. The van der Waals surface area contributed by atoms with Gasteiger partial charge in [0.15, 0.2) is 0 Å². The van der Waals surface area contributed by atoms with E-state index in [-0.39, 0.29) is 22.6 Å². The lowest BCUT2D eigenvalue weighted by molar-refractivity contribution is -0.384. The van der Waals surface area contributed by atoms with Crippen molar-refractivity contribution in [3.63, 3.8) is 0 Å². The summed E-state index contributed by atoms with van der Waals surface area (Å²) in [6, 6.07) is 16.2. The number of non-ortho nitro benzene ring substituents is 1. The summed E-state index contributed by atoms with van der Waals surface area (Å²) in [7, 11) is 1.97. The second kappa shape index (κ2) is 8.84. The minimum Gasteiger partial charge on any atom is -0.368 e. The molecule has 0 spiro atoms. The zero-order chi connectivity index (χ0) is 20.1. The van der Waals surface area contributed by atoms with E-state index in [9.17, 15) is 14.9 Å². The van der Waals surface area contributed by atoms with Crippen LogP contribution in [0.4, 0.5) is 11.4 Å². The van der Waals surface area contributed by atoms with Gasteiger partial charge in [0.05, 0.1) is 4.92 Å². The van der Waals surface area contributed by atoms with E-state index in [1.165, 1.54) is 6.07 Å². The van der Waals surface area contributed by atoms with E-state index in [2.05, 4.69) is 9.80 Å². The summed E-state index contributed by atoms with van der Waals surface area (Å²) in [5.41, 5.74) is 1.91. The Morgan fingerprint density at radius 1 is 1.11 bits per heavy atom. The average Bonchev–Trinajstić information content (AvgIpc) is 2.74. The van der Waals surface area contributed by atoms with E-state index in [1.807, 2.05) is 55.3 Å². The molecule has 7 heteroatoms. The Labute approximate surface area is 165 Å². The number of piperazine rings is 1. The van der Waals surface area contributed by atoms with Crippen LogP contribution in [-0.4, -0.2) is 60.4 Å². The molecule has 1 saturated heterocycles. The van der Waals surface area contributed by atoms with Gasteiger partial charge in [-0.3, -0.25) is 19.8 Å². The lowest BCUT2D eigenvalue weighted by Gasteiger charge is -2.39. The van der Waals surface area contributed by atoms with Crippen molar-refractivity contribution in [3.8, 4) is 0 Å². The molecule has 1 heterocycles. The van der Waals surface area contributed by atoms with Gasteiger partial charge in [-0.05, 0) is 25.2 Å². The molecule has 2 aromatic rings. The number of carbonyl (C=O) groups is 1. The van der Waals surface area contributed by atoms with Crippen molar-refractivity contribution in [2.24, 2.45) is 0 Å². The van der Waals surface area contributed by atoms with E-state index >= 15 is 0 Å². The van der Waals surface area contributed by atoms with Gasteiger partial charge in [-0.2, -0.15) is 0 Å².